The van der Waals surface area contributed by atoms with Crippen molar-refractivity contribution >= 4 is 21.8 Å². The molecule has 3 nitrogen and oxygen atoms in total. The maximum Gasteiger partial charge on any atom is 0.255 e. The van der Waals surface area contributed by atoms with Crippen LogP contribution < -0.4 is 0 Å². The van der Waals surface area contributed by atoms with Crippen LogP contribution in [0.5, 0.6) is 0 Å². The number of carbonyl (C=O) groups excluding carboxylic acids is 1. The summed E-state index contributed by atoms with van der Waals surface area (Å²) in [5.41, 5.74) is 0.315. The van der Waals surface area contributed by atoms with E-state index in [9.17, 15) is 9.18 Å². The lowest BCUT2D eigenvalue weighted by molar-refractivity contribution is 0.0632. The fourth-order valence-electron chi connectivity index (χ4n) is 1.41. The van der Waals surface area contributed by atoms with E-state index >= 15 is 0 Å². The maximum absolute atomic E-state index is 13.3. The molecule has 0 aromatic heterocycles. The largest absolute Gasteiger partial charge is 0.383 e. The molecule has 0 N–H and O–H groups in total. The van der Waals surface area contributed by atoms with E-state index in [0.717, 1.165) is 0 Å². The van der Waals surface area contributed by atoms with E-state index in [2.05, 4.69) is 15.9 Å². The fraction of sp³-hybridized carbons (Fsp3) is 0.417. The molecule has 0 aliphatic carbocycles. The van der Waals surface area contributed by atoms with Gasteiger partial charge < -0.3 is 9.64 Å². The van der Waals surface area contributed by atoms with Crippen molar-refractivity contribution in [3.63, 3.8) is 0 Å². The molecule has 94 valence electrons. The monoisotopic (exact) mass is 303 g/mol. The zero-order valence-corrected chi connectivity index (χ0v) is 11.6. The predicted octanol–water partition coefficient (Wildman–Crippen LogP) is 2.70. The first-order valence-electron chi connectivity index (χ1n) is 5.19. The molecule has 1 aromatic carbocycles. The van der Waals surface area contributed by atoms with E-state index < -0.39 is 5.82 Å². The minimum Gasteiger partial charge on any atom is -0.383 e. The van der Waals surface area contributed by atoms with Crippen molar-refractivity contribution in [3.05, 3.63) is 34.1 Å². The van der Waals surface area contributed by atoms with E-state index in [4.69, 9.17) is 4.74 Å². The number of hydrogen-bond acceptors (Lipinski definition) is 2. The molecule has 5 heteroatoms. The Morgan fingerprint density at radius 3 is 2.82 bits per heavy atom. The molecule has 1 atom stereocenters. The highest BCUT2D eigenvalue weighted by Gasteiger charge is 2.20. The average Bonchev–Trinajstić information content (AvgIpc) is 2.31. The first kappa shape index (κ1) is 14.1. The van der Waals surface area contributed by atoms with Crippen molar-refractivity contribution in [1.82, 2.24) is 4.90 Å². The Bertz CT molecular complexity index is 411. The number of hydrogen-bond donors (Lipinski definition) is 0. The Morgan fingerprint density at radius 1 is 1.59 bits per heavy atom. The Morgan fingerprint density at radius 2 is 2.24 bits per heavy atom. The van der Waals surface area contributed by atoms with Gasteiger partial charge in [0.2, 0.25) is 0 Å². The van der Waals surface area contributed by atoms with Crippen LogP contribution in [0, 0.1) is 5.82 Å². The van der Waals surface area contributed by atoms with Gasteiger partial charge >= 0.3 is 0 Å². The quantitative estimate of drug-likeness (QED) is 0.856. The van der Waals surface area contributed by atoms with Crippen LogP contribution in [0.3, 0.4) is 0 Å². The van der Waals surface area contributed by atoms with Crippen LogP contribution in [-0.2, 0) is 4.74 Å². The van der Waals surface area contributed by atoms with Crippen LogP contribution in [-0.4, -0.2) is 37.6 Å². The zero-order chi connectivity index (χ0) is 13.0. The first-order chi connectivity index (χ1) is 7.99. The van der Waals surface area contributed by atoms with Crippen molar-refractivity contribution in [1.29, 1.82) is 0 Å². The molecule has 0 heterocycles. The van der Waals surface area contributed by atoms with Gasteiger partial charge in [-0.25, -0.2) is 4.39 Å². The smallest absolute Gasteiger partial charge is 0.255 e. The number of methoxy groups -OCH3 is 1. The number of rotatable bonds is 4. The van der Waals surface area contributed by atoms with Gasteiger partial charge in [0.1, 0.15) is 5.82 Å². The molecule has 1 unspecified atom stereocenters. The Hall–Kier alpha value is -0.940. The van der Waals surface area contributed by atoms with Gasteiger partial charge in [-0.3, -0.25) is 4.79 Å². The van der Waals surface area contributed by atoms with Crippen LogP contribution in [0.25, 0.3) is 0 Å². The van der Waals surface area contributed by atoms with Gasteiger partial charge in [0.25, 0.3) is 5.91 Å². The van der Waals surface area contributed by atoms with Crippen LogP contribution in [0.4, 0.5) is 4.39 Å². The van der Waals surface area contributed by atoms with Gasteiger partial charge in [0.15, 0.2) is 0 Å². The summed E-state index contributed by atoms with van der Waals surface area (Å²) >= 11 is 3.08. The number of benzene rings is 1. The van der Waals surface area contributed by atoms with Gasteiger partial charge in [-0.1, -0.05) is 6.07 Å². The van der Waals surface area contributed by atoms with E-state index in [1.165, 1.54) is 17.0 Å². The van der Waals surface area contributed by atoms with Gasteiger partial charge in [-0.15, -0.1) is 0 Å². The van der Waals surface area contributed by atoms with Crippen molar-refractivity contribution in [2.45, 2.75) is 13.0 Å². The summed E-state index contributed by atoms with van der Waals surface area (Å²) in [4.78, 5) is 13.6. The molecule has 1 amide bonds. The van der Waals surface area contributed by atoms with Crippen molar-refractivity contribution in [2.75, 3.05) is 20.8 Å². The summed E-state index contributed by atoms with van der Waals surface area (Å²) in [6.07, 6.45) is 0. The normalized spacial score (nSPS) is 12.3. The molecule has 1 aromatic rings. The van der Waals surface area contributed by atoms with Gasteiger partial charge in [-0.05, 0) is 35.0 Å². The molecular formula is C12H15BrFNO2. The van der Waals surface area contributed by atoms with Gasteiger partial charge in [0.05, 0.1) is 22.7 Å². The average molecular weight is 304 g/mol. The highest BCUT2D eigenvalue weighted by atomic mass is 79.9. The number of carbonyl (C=O) groups is 1. The van der Waals surface area contributed by atoms with Gasteiger partial charge in [0, 0.05) is 14.2 Å². The maximum atomic E-state index is 13.3. The molecule has 17 heavy (non-hydrogen) atoms. The van der Waals surface area contributed by atoms with Crippen molar-refractivity contribution < 1.29 is 13.9 Å². The molecular weight excluding hydrogens is 289 g/mol. The number of amides is 1. The van der Waals surface area contributed by atoms with Crippen molar-refractivity contribution in [3.8, 4) is 0 Å². The fourth-order valence-corrected chi connectivity index (χ4v) is 1.85. The summed E-state index contributed by atoms with van der Waals surface area (Å²) in [6.45, 7) is 2.31. The number of nitrogens with zero attached hydrogens (tertiary/aromatic N) is 1. The molecule has 1 rings (SSSR count). The number of ether oxygens (including phenoxy) is 1. The molecule has 0 saturated heterocycles. The first-order valence-corrected chi connectivity index (χ1v) is 5.98. The molecule has 0 radical (unpaired) electrons. The molecule has 0 fully saturated rings. The minimum absolute atomic E-state index is 0.0670. The second-order valence-electron chi connectivity index (χ2n) is 3.82. The number of halogens is 2. The highest BCUT2D eigenvalue weighted by molar-refractivity contribution is 9.10. The lowest BCUT2D eigenvalue weighted by Crippen LogP contribution is -2.38. The minimum atomic E-state index is -0.441. The van der Waals surface area contributed by atoms with E-state index in [-0.39, 0.29) is 16.4 Å². The number of likely N-dealkylation sites (N-methyl/N-ethyl adjacent to an activating group) is 1. The van der Waals surface area contributed by atoms with Crippen molar-refractivity contribution in [2.24, 2.45) is 0 Å². The molecule has 0 saturated carbocycles. The highest BCUT2D eigenvalue weighted by Crippen LogP contribution is 2.22. The molecule has 0 aliphatic rings. The summed E-state index contributed by atoms with van der Waals surface area (Å²) in [7, 11) is 3.25. The van der Waals surface area contributed by atoms with Crippen LogP contribution in [0.2, 0.25) is 0 Å². The zero-order valence-electron chi connectivity index (χ0n) is 10.0. The van der Waals surface area contributed by atoms with Crippen LogP contribution in [0.15, 0.2) is 22.7 Å². The Kier molecular flexibility index (Phi) is 5.08. The Labute approximate surface area is 109 Å². The third kappa shape index (κ3) is 3.26. The summed E-state index contributed by atoms with van der Waals surface area (Å²) in [6, 6.07) is 4.34. The summed E-state index contributed by atoms with van der Waals surface area (Å²) < 4.78 is 18.5. The molecule has 0 spiro atoms. The molecule has 0 bridgehead atoms. The van der Waals surface area contributed by atoms with Crippen LogP contribution in [0.1, 0.15) is 17.3 Å². The standard InChI is InChI=1S/C12H15BrFNO2/c1-8(7-17-3)15(2)12(16)9-5-4-6-10(14)11(9)13/h4-6,8H,7H2,1-3H3. The Balaban J connectivity index is 2.93. The van der Waals surface area contributed by atoms with E-state index in [1.807, 2.05) is 6.92 Å². The van der Waals surface area contributed by atoms with E-state index in [1.54, 1.807) is 20.2 Å². The predicted molar refractivity (Wildman–Crippen MR) is 67.5 cm³/mol. The van der Waals surface area contributed by atoms with E-state index in [0.29, 0.717) is 12.2 Å². The van der Waals surface area contributed by atoms with Crippen LogP contribution >= 0.6 is 15.9 Å². The second kappa shape index (κ2) is 6.12. The lowest BCUT2D eigenvalue weighted by atomic mass is 10.1. The second-order valence-corrected chi connectivity index (χ2v) is 4.61. The third-order valence-corrected chi connectivity index (χ3v) is 3.38. The SMILES string of the molecule is COCC(C)N(C)C(=O)c1cccc(F)c1Br. The topological polar surface area (TPSA) is 29.5 Å². The summed E-state index contributed by atoms with van der Waals surface area (Å²) in [5.74, 6) is -0.676. The lowest BCUT2D eigenvalue weighted by Gasteiger charge is -2.24. The van der Waals surface area contributed by atoms with Gasteiger partial charge in [-0.2, -0.15) is 0 Å². The summed E-state index contributed by atoms with van der Waals surface area (Å²) in [5, 5.41) is 0. The third-order valence-electron chi connectivity index (χ3n) is 2.57. The molecule has 0 aliphatic heterocycles.